The first-order valence-electron chi connectivity index (χ1n) is 6.95. The van der Waals surface area contributed by atoms with E-state index in [9.17, 15) is 9.90 Å². The van der Waals surface area contributed by atoms with E-state index in [2.05, 4.69) is 15.9 Å². The van der Waals surface area contributed by atoms with Crippen LogP contribution in [0, 0.1) is 0 Å². The van der Waals surface area contributed by atoms with Crippen molar-refractivity contribution >= 4 is 43.8 Å². The number of hydrogen-bond donors (Lipinski definition) is 1. The highest BCUT2D eigenvalue weighted by Crippen LogP contribution is 2.34. The first kappa shape index (κ1) is 15.1. The molecule has 3 aromatic rings. The second kappa shape index (κ2) is 5.41. The second-order valence-electron chi connectivity index (χ2n) is 5.25. The Kier molecular flexibility index (Phi) is 3.70. The summed E-state index contributed by atoms with van der Waals surface area (Å²) in [5, 5.41) is 12.3. The van der Waals surface area contributed by atoms with Crippen LogP contribution in [0.4, 0.5) is 0 Å². The van der Waals surface area contributed by atoms with Gasteiger partial charge in [-0.05, 0) is 49.7 Å². The fourth-order valence-corrected chi connectivity index (χ4v) is 2.80. The number of aliphatic hydroxyl groups is 1. The maximum Gasteiger partial charge on any atom is 0.342 e. The van der Waals surface area contributed by atoms with Crippen LogP contribution in [-0.4, -0.2) is 17.7 Å². The quantitative estimate of drug-likeness (QED) is 0.712. The summed E-state index contributed by atoms with van der Waals surface area (Å²) in [5.41, 5.74) is 0.239. The molecule has 1 atom stereocenters. The standard InChI is InChI=1S/C17H15BrO4/c1-3-21-16(19)17(2,20)10-4-6-14-12(8-10)13-9-11(18)5-7-15(13)22-14/h4-9,20H,3H2,1-2H3. The molecule has 22 heavy (non-hydrogen) atoms. The van der Waals surface area contributed by atoms with E-state index >= 15 is 0 Å². The summed E-state index contributed by atoms with van der Waals surface area (Å²) in [6.07, 6.45) is 0. The van der Waals surface area contributed by atoms with Gasteiger partial charge in [0.1, 0.15) is 11.2 Å². The molecule has 0 saturated heterocycles. The molecule has 1 aromatic heterocycles. The van der Waals surface area contributed by atoms with E-state index in [-0.39, 0.29) is 6.61 Å². The minimum absolute atomic E-state index is 0.221. The van der Waals surface area contributed by atoms with Gasteiger partial charge in [-0.3, -0.25) is 0 Å². The van der Waals surface area contributed by atoms with Gasteiger partial charge in [0.2, 0.25) is 0 Å². The van der Waals surface area contributed by atoms with Crippen molar-refractivity contribution < 1.29 is 19.1 Å². The minimum atomic E-state index is -1.69. The van der Waals surface area contributed by atoms with Gasteiger partial charge in [-0.2, -0.15) is 0 Å². The highest BCUT2D eigenvalue weighted by atomic mass is 79.9. The Labute approximate surface area is 135 Å². The van der Waals surface area contributed by atoms with Crippen LogP contribution in [0.25, 0.3) is 21.9 Å². The molecule has 3 rings (SSSR count). The van der Waals surface area contributed by atoms with Gasteiger partial charge < -0.3 is 14.3 Å². The predicted molar refractivity (Wildman–Crippen MR) is 87.6 cm³/mol. The summed E-state index contributed by atoms with van der Waals surface area (Å²) in [6, 6.07) is 10.9. The fraction of sp³-hybridized carbons (Fsp3) is 0.235. The number of esters is 1. The van der Waals surface area contributed by atoms with Crippen molar-refractivity contribution in [2.75, 3.05) is 6.61 Å². The molecular formula is C17H15BrO4. The van der Waals surface area contributed by atoms with Gasteiger partial charge >= 0.3 is 5.97 Å². The molecule has 0 radical (unpaired) electrons. The van der Waals surface area contributed by atoms with Gasteiger partial charge in [0.05, 0.1) is 6.61 Å². The molecule has 1 N–H and O–H groups in total. The molecule has 0 saturated carbocycles. The average Bonchev–Trinajstić information content (AvgIpc) is 2.84. The highest BCUT2D eigenvalue weighted by molar-refractivity contribution is 9.10. The van der Waals surface area contributed by atoms with Crippen LogP contribution in [0.5, 0.6) is 0 Å². The molecular weight excluding hydrogens is 348 g/mol. The number of carbonyl (C=O) groups is 1. The Morgan fingerprint density at radius 2 is 1.86 bits per heavy atom. The van der Waals surface area contributed by atoms with E-state index in [0.717, 1.165) is 20.8 Å². The summed E-state index contributed by atoms with van der Waals surface area (Å²) in [4.78, 5) is 12.0. The summed E-state index contributed by atoms with van der Waals surface area (Å²) < 4.78 is 11.6. The number of rotatable bonds is 3. The third kappa shape index (κ3) is 2.40. The van der Waals surface area contributed by atoms with E-state index in [1.54, 1.807) is 25.1 Å². The number of furan rings is 1. The third-order valence-corrected chi connectivity index (χ3v) is 4.16. The van der Waals surface area contributed by atoms with Crippen molar-refractivity contribution in [2.45, 2.75) is 19.4 Å². The Morgan fingerprint density at radius 3 is 2.55 bits per heavy atom. The summed E-state index contributed by atoms with van der Waals surface area (Å²) in [6.45, 7) is 3.36. The first-order chi connectivity index (χ1) is 10.4. The van der Waals surface area contributed by atoms with Crippen molar-refractivity contribution in [3.63, 3.8) is 0 Å². The normalized spacial score (nSPS) is 14.2. The Hall–Kier alpha value is -1.85. The zero-order valence-corrected chi connectivity index (χ0v) is 13.8. The predicted octanol–water partition coefficient (Wildman–Crippen LogP) is 4.12. The zero-order chi connectivity index (χ0) is 15.9. The van der Waals surface area contributed by atoms with Crippen LogP contribution >= 0.6 is 15.9 Å². The number of hydrogen-bond acceptors (Lipinski definition) is 4. The second-order valence-corrected chi connectivity index (χ2v) is 6.16. The monoisotopic (exact) mass is 362 g/mol. The lowest BCUT2D eigenvalue weighted by atomic mass is 9.94. The summed E-state index contributed by atoms with van der Waals surface area (Å²) in [7, 11) is 0. The largest absolute Gasteiger partial charge is 0.464 e. The van der Waals surface area contributed by atoms with Crippen LogP contribution in [0.1, 0.15) is 19.4 Å². The molecule has 0 spiro atoms. The molecule has 0 bridgehead atoms. The lowest BCUT2D eigenvalue weighted by Crippen LogP contribution is -2.34. The minimum Gasteiger partial charge on any atom is -0.464 e. The third-order valence-electron chi connectivity index (χ3n) is 3.67. The van der Waals surface area contributed by atoms with E-state index in [1.807, 2.05) is 18.2 Å². The number of ether oxygens (including phenoxy) is 1. The number of benzene rings is 2. The molecule has 114 valence electrons. The van der Waals surface area contributed by atoms with Gasteiger partial charge in [0.25, 0.3) is 0 Å². The van der Waals surface area contributed by atoms with E-state index < -0.39 is 11.6 Å². The number of carbonyl (C=O) groups excluding carboxylic acids is 1. The molecule has 0 amide bonds. The molecule has 1 unspecified atom stereocenters. The van der Waals surface area contributed by atoms with Gasteiger partial charge in [0, 0.05) is 15.2 Å². The van der Waals surface area contributed by atoms with Crippen molar-refractivity contribution in [1.29, 1.82) is 0 Å². The van der Waals surface area contributed by atoms with Crippen LogP contribution in [0.15, 0.2) is 45.3 Å². The lowest BCUT2D eigenvalue weighted by Gasteiger charge is -2.21. The Morgan fingerprint density at radius 1 is 1.23 bits per heavy atom. The number of fused-ring (bicyclic) bond motifs is 3. The Balaban J connectivity index is 2.18. The first-order valence-corrected chi connectivity index (χ1v) is 7.74. The van der Waals surface area contributed by atoms with Crippen LogP contribution in [0.3, 0.4) is 0 Å². The molecule has 5 heteroatoms. The lowest BCUT2D eigenvalue weighted by molar-refractivity contribution is -0.164. The smallest absolute Gasteiger partial charge is 0.342 e. The molecule has 0 aliphatic heterocycles. The molecule has 2 aromatic carbocycles. The fourth-order valence-electron chi connectivity index (χ4n) is 2.44. The van der Waals surface area contributed by atoms with Crippen LogP contribution in [-0.2, 0) is 15.1 Å². The van der Waals surface area contributed by atoms with Crippen molar-refractivity contribution in [3.8, 4) is 0 Å². The summed E-state index contributed by atoms with van der Waals surface area (Å²) >= 11 is 3.44. The highest BCUT2D eigenvalue weighted by Gasteiger charge is 2.34. The summed E-state index contributed by atoms with van der Waals surface area (Å²) in [5.74, 6) is -0.664. The molecule has 0 aliphatic carbocycles. The van der Waals surface area contributed by atoms with Crippen molar-refractivity contribution in [2.24, 2.45) is 0 Å². The van der Waals surface area contributed by atoms with Gasteiger partial charge in [-0.15, -0.1) is 0 Å². The van der Waals surface area contributed by atoms with Gasteiger partial charge in [-0.1, -0.05) is 22.0 Å². The van der Waals surface area contributed by atoms with Crippen molar-refractivity contribution in [3.05, 3.63) is 46.4 Å². The zero-order valence-electron chi connectivity index (χ0n) is 12.2. The van der Waals surface area contributed by atoms with E-state index in [1.165, 1.54) is 6.92 Å². The Bertz CT molecular complexity index is 864. The van der Waals surface area contributed by atoms with Crippen LogP contribution < -0.4 is 0 Å². The maximum atomic E-state index is 12.0. The SMILES string of the molecule is CCOC(=O)C(C)(O)c1ccc2oc3ccc(Br)cc3c2c1. The van der Waals surface area contributed by atoms with Crippen LogP contribution in [0.2, 0.25) is 0 Å². The van der Waals surface area contributed by atoms with Gasteiger partial charge in [-0.25, -0.2) is 4.79 Å². The number of halogens is 1. The van der Waals surface area contributed by atoms with E-state index in [0.29, 0.717) is 11.1 Å². The molecule has 4 nitrogen and oxygen atoms in total. The molecule has 0 fully saturated rings. The van der Waals surface area contributed by atoms with Gasteiger partial charge in [0.15, 0.2) is 5.60 Å². The topological polar surface area (TPSA) is 59.7 Å². The average molecular weight is 363 g/mol. The van der Waals surface area contributed by atoms with E-state index in [4.69, 9.17) is 9.15 Å². The molecule has 1 heterocycles. The maximum absolute atomic E-state index is 12.0. The van der Waals surface area contributed by atoms with Crippen molar-refractivity contribution in [1.82, 2.24) is 0 Å². The molecule has 0 aliphatic rings.